The molecule has 1 aliphatic heterocycles. The molecule has 11 heteroatoms. The van der Waals surface area contributed by atoms with E-state index in [0.29, 0.717) is 18.2 Å². The molecule has 1 aromatic heterocycles. The Labute approximate surface area is 147 Å². The van der Waals surface area contributed by atoms with Gasteiger partial charge in [-0.3, -0.25) is 10.1 Å². The van der Waals surface area contributed by atoms with Crippen molar-refractivity contribution in [3.8, 4) is 0 Å². The van der Waals surface area contributed by atoms with Crippen molar-refractivity contribution in [1.29, 1.82) is 0 Å². The second kappa shape index (κ2) is 7.12. The van der Waals surface area contributed by atoms with Crippen LogP contribution in [-0.4, -0.2) is 55.1 Å². The molecule has 1 N–H and O–H groups in total. The minimum atomic E-state index is -3.82. The Bertz CT molecular complexity index is 894. The lowest BCUT2D eigenvalue weighted by Crippen LogP contribution is -2.40. The summed E-state index contributed by atoms with van der Waals surface area (Å²) in [5.74, 6) is -1.60. The van der Waals surface area contributed by atoms with Gasteiger partial charge in [-0.15, -0.1) is 10.2 Å². The van der Waals surface area contributed by atoms with Gasteiger partial charge in [0, 0.05) is 13.1 Å². The summed E-state index contributed by atoms with van der Waals surface area (Å²) in [6.07, 6.45) is 0. The standard InChI is InChI=1S/C14H15FN4O4S2/c1-9-17-18-14(24-9)16-13(20)11-8-10(2-3-12(11)15)25(21,22)19-4-6-23-7-5-19/h2-3,8H,4-7H2,1H3,(H,16,18,20). The first-order valence-corrected chi connectivity index (χ1v) is 9.62. The minimum Gasteiger partial charge on any atom is -0.379 e. The molecule has 0 spiro atoms. The summed E-state index contributed by atoms with van der Waals surface area (Å²) in [6, 6.07) is 3.14. The number of nitrogens with zero attached hydrogens (tertiary/aromatic N) is 3. The number of aryl methyl sites for hydroxylation is 1. The predicted molar refractivity (Wildman–Crippen MR) is 88.6 cm³/mol. The van der Waals surface area contributed by atoms with Gasteiger partial charge in [0.2, 0.25) is 15.2 Å². The average molecular weight is 386 g/mol. The zero-order chi connectivity index (χ0) is 18.0. The third-order valence-electron chi connectivity index (χ3n) is 3.54. The number of amides is 1. The first-order chi connectivity index (χ1) is 11.9. The van der Waals surface area contributed by atoms with Gasteiger partial charge < -0.3 is 4.74 Å². The molecule has 134 valence electrons. The molecule has 1 fully saturated rings. The van der Waals surface area contributed by atoms with E-state index in [2.05, 4.69) is 15.5 Å². The van der Waals surface area contributed by atoms with Crippen molar-refractivity contribution >= 4 is 32.4 Å². The van der Waals surface area contributed by atoms with Crippen LogP contribution < -0.4 is 5.32 Å². The molecule has 1 amide bonds. The Hall–Kier alpha value is -1.95. The average Bonchev–Trinajstić information content (AvgIpc) is 3.00. The molecule has 1 aliphatic rings. The summed E-state index contributed by atoms with van der Waals surface area (Å²) < 4.78 is 45.7. The second-order valence-corrected chi connectivity index (χ2v) is 8.36. The summed E-state index contributed by atoms with van der Waals surface area (Å²) in [7, 11) is -3.82. The van der Waals surface area contributed by atoms with E-state index < -0.39 is 21.7 Å². The molecule has 3 rings (SSSR count). The number of carbonyl (C=O) groups is 1. The van der Waals surface area contributed by atoms with Gasteiger partial charge in [0.15, 0.2) is 0 Å². The maximum Gasteiger partial charge on any atom is 0.260 e. The molecule has 25 heavy (non-hydrogen) atoms. The largest absolute Gasteiger partial charge is 0.379 e. The van der Waals surface area contributed by atoms with Gasteiger partial charge in [0.05, 0.1) is 23.7 Å². The van der Waals surface area contributed by atoms with Gasteiger partial charge in [0.1, 0.15) is 10.8 Å². The number of sulfonamides is 1. The van der Waals surface area contributed by atoms with Crippen LogP contribution in [0, 0.1) is 12.7 Å². The zero-order valence-electron chi connectivity index (χ0n) is 13.2. The van der Waals surface area contributed by atoms with E-state index in [4.69, 9.17) is 4.74 Å². The molecular formula is C14H15FN4O4S2. The summed E-state index contributed by atoms with van der Waals surface area (Å²) in [4.78, 5) is 12.1. The summed E-state index contributed by atoms with van der Waals surface area (Å²) in [5, 5.41) is 10.7. The number of ether oxygens (including phenoxy) is 1. The van der Waals surface area contributed by atoms with Crippen LogP contribution in [0.25, 0.3) is 0 Å². The van der Waals surface area contributed by atoms with Gasteiger partial charge in [-0.2, -0.15) is 4.31 Å². The van der Waals surface area contributed by atoms with Crippen LogP contribution in [0.3, 0.4) is 0 Å². The number of benzene rings is 1. The molecule has 2 heterocycles. The normalized spacial score (nSPS) is 15.9. The van der Waals surface area contributed by atoms with Crippen LogP contribution in [0.5, 0.6) is 0 Å². The summed E-state index contributed by atoms with van der Waals surface area (Å²) in [6.45, 7) is 2.73. The Morgan fingerprint density at radius 2 is 2.04 bits per heavy atom. The van der Waals surface area contributed by atoms with Crippen molar-refractivity contribution in [2.75, 3.05) is 31.6 Å². The van der Waals surface area contributed by atoms with Crippen molar-refractivity contribution in [3.63, 3.8) is 0 Å². The molecule has 1 aromatic carbocycles. The van der Waals surface area contributed by atoms with Crippen LogP contribution in [0.15, 0.2) is 23.1 Å². The van der Waals surface area contributed by atoms with Gasteiger partial charge in [-0.25, -0.2) is 12.8 Å². The molecule has 0 radical (unpaired) electrons. The lowest BCUT2D eigenvalue weighted by molar-refractivity contribution is 0.0730. The maximum absolute atomic E-state index is 14.0. The van der Waals surface area contributed by atoms with E-state index in [0.717, 1.165) is 29.5 Å². The van der Waals surface area contributed by atoms with E-state index in [9.17, 15) is 17.6 Å². The van der Waals surface area contributed by atoms with Crippen LogP contribution in [0.4, 0.5) is 9.52 Å². The molecule has 0 saturated carbocycles. The first kappa shape index (κ1) is 17.9. The fraction of sp³-hybridized carbons (Fsp3) is 0.357. The smallest absolute Gasteiger partial charge is 0.260 e. The maximum atomic E-state index is 14.0. The van der Waals surface area contributed by atoms with E-state index in [-0.39, 0.29) is 28.7 Å². The zero-order valence-corrected chi connectivity index (χ0v) is 14.9. The fourth-order valence-corrected chi connectivity index (χ4v) is 4.31. The molecule has 2 aromatic rings. The third kappa shape index (κ3) is 3.84. The first-order valence-electron chi connectivity index (χ1n) is 7.37. The fourth-order valence-electron chi connectivity index (χ4n) is 2.29. The Morgan fingerprint density at radius 3 is 2.68 bits per heavy atom. The lowest BCUT2D eigenvalue weighted by atomic mass is 10.2. The Balaban J connectivity index is 1.88. The minimum absolute atomic E-state index is 0.144. The van der Waals surface area contributed by atoms with E-state index >= 15 is 0 Å². The van der Waals surface area contributed by atoms with Crippen molar-refractivity contribution in [2.45, 2.75) is 11.8 Å². The highest BCUT2D eigenvalue weighted by molar-refractivity contribution is 7.89. The van der Waals surface area contributed by atoms with E-state index in [1.54, 1.807) is 6.92 Å². The summed E-state index contributed by atoms with van der Waals surface area (Å²) in [5.41, 5.74) is -0.373. The molecule has 0 unspecified atom stereocenters. The summed E-state index contributed by atoms with van der Waals surface area (Å²) >= 11 is 1.13. The number of nitrogens with one attached hydrogen (secondary N) is 1. The van der Waals surface area contributed by atoms with Crippen molar-refractivity contribution < 1.29 is 22.3 Å². The number of halogens is 1. The Morgan fingerprint density at radius 1 is 1.32 bits per heavy atom. The van der Waals surface area contributed by atoms with E-state index in [1.807, 2.05) is 0 Å². The number of morpholine rings is 1. The van der Waals surface area contributed by atoms with Gasteiger partial charge in [-0.1, -0.05) is 11.3 Å². The van der Waals surface area contributed by atoms with Gasteiger partial charge in [-0.05, 0) is 25.1 Å². The molecule has 1 saturated heterocycles. The van der Waals surface area contributed by atoms with Crippen molar-refractivity contribution in [1.82, 2.24) is 14.5 Å². The number of rotatable bonds is 4. The quantitative estimate of drug-likeness (QED) is 0.849. The lowest BCUT2D eigenvalue weighted by Gasteiger charge is -2.26. The van der Waals surface area contributed by atoms with Crippen LogP contribution in [0.2, 0.25) is 0 Å². The number of hydrogen-bond acceptors (Lipinski definition) is 7. The number of carbonyl (C=O) groups excluding carboxylic acids is 1. The topological polar surface area (TPSA) is 101 Å². The third-order valence-corrected chi connectivity index (χ3v) is 6.19. The SMILES string of the molecule is Cc1nnc(NC(=O)c2cc(S(=O)(=O)N3CCOCC3)ccc2F)s1. The number of anilines is 1. The molecular weight excluding hydrogens is 371 g/mol. The van der Waals surface area contributed by atoms with Crippen LogP contribution in [-0.2, 0) is 14.8 Å². The second-order valence-electron chi connectivity index (χ2n) is 5.24. The number of hydrogen-bond donors (Lipinski definition) is 1. The van der Waals surface area contributed by atoms with Crippen molar-refractivity contribution in [3.05, 3.63) is 34.6 Å². The number of aromatic nitrogens is 2. The molecule has 8 nitrogen and oxygen atoms in total. The molecule has 0 atom stereocenters. The van der Waals surface area contributed by atoms with Gasteiger partial charge >= 0.3 is 0 Å². The highest BCUT2D eigenvalue weighted by Gasteiger charge is 2.28. The van der Waals surface area contributed by atoms with Gasteiger partial charge in [0.25, 0.3) is 5.91 Å². The highest BCUT2D eigenvalue weighted by atomic mass is 32.2. The van der Waals surface area contributed by atoms with E-state index in [1.165, 1.54) is 4.31 Å². The van der Waals surface area contributed by atoms with Crippen LogP contribution in [0.1, 0.15) is 15.4 Å². The monoisotopic (exact) mass is 386 g/mol. The molecule has 0 bridgehead atoms. The Kier molecular flexibility index (Phi) is 5.08. The highest BCUT2D eigenvalue weighted by Crippen LogP contribution is 2.22. The van der Waals surface area contributed by atoms with Crippen LogP contribution >= 0.6 is 11.3 Å². The molecule has 0 aliphatic carbocycles. The predicted octanol–water partition coefficient (Wildman–Crippen LogP) is 1.26. The van der Waals surface area contributed by atoms with Crippen molar-refractivity contribution in [2.24, 2.45) is 0 Å².